The molecule has 1 amide bonds. The van der Waals surface area contributed by atoms with Crippen LogP contribution in [0.4, 0.5) is 4.39 Å². The van der Waals surface area contributed by atoms with E-state index >= 15 is 0 Å². The Morgan fingerprint density at radius 3 is 2.93 bits per heavy atom. The number of amides is 1. The van der Waals surface area contributed by atoms with Crippen molar-refractivity contribution < 1.29 is 9.18 Å². The van der Waals surface area contributed by atoms with Gasteiger partial charge in [0, 0.05) is 18.9 Å². The van der Waals surface area contributed by atoms with Crippen molar-refractivity contribution in [3.05, 3.63) is 34.6 Å². The standard InChI is InChI=1S/C10H9ClFNO/c11-10-7(2-1-3-8(10)12)6-4-9(14)13-5-6/h1-3,6H,4-5H2,(H,13,14). The lowest BCUT2D eigenvalue weighted by Gasteiger charge is -2.09. The zero-order valence-corrected chi connectivity index (χ0v) is 8.14. The second kappa shape index (κ2) is 3.58. The van der Waals surface area contributed by atoms with Crippen LogP contribution in [-0.2, 0) is 4.79 Å². The number of benzene rings is 1. The second-order valence-electron chi connectivity index (χ2n) is 3.35. The first kappa shape index (κ1) is 9.46. The van der Waals surface area contributed by atoms with Crippen LogP contribution in [0.25, 0.3) is 0 Å². The summed E-state index contributed by atoms with van der Waals surface area (Å²) in [6.45, 7) is 0.544. The van der Waals surface area contributed by atoms with Crippen LogP contribution in [0.1, 0.15) is 17.9 Å². The number of hydrogen-bond acceptors (Lipinski definition) is 1. The number of nitrogens with one attached hydrogen (secondary N) is 1. The maximum atomic E-state index is 13.1. The van der Waals surface area contributed by atoms with Crippen LogP contribution >= 0.6 is 11.6 Å². The molecular weight excluding hydrogens is 205 g/mol. The Morgan fingerprint density at radius 2 is 2.29 bits per heavy atom. The van der Waals surface area contributed by atoms with Gasteiger partial charge in [-0.05, 0) is 11.6 Å². The van der Waals surface area contributed by atoms with Gasteiger partial charge in [0.1, 0.15) is 5.82 Å². The van der Waals surface area contributed by atoms with Gasteiger partial charge in [-0.15, -0.1) is 0 Å². The van der Waals surface area contributed by atoms with Crippen LogP contribution in [0, 0.1) is 5.82 Å². The first-order valence-corrected chi connectivity index (χ1v) is 4.77. The van der Waals surface area contributed by atoms with Gasteiger partial charge in [0.05, 0.1) is 5.02 Å². The topological polar surface area (TPSA) is 29.1 Å². The molecule has 1 aromatic carbocycles. The number of halogens is 2. The molecule has 0 bridgehead atoms. The minimum atomic E-state index is -0.427. The molecule has 2 rings (SSSR count). The molecule has 0 aromatic heterocycles. The van der Waals surface area contributed by atoms with E-state index in [-0.39, 0.29) is 16.8 Å². The second-order valence-corrected chi connectivity index (χ2v) is 3.73. The molecule has 74 valence electrons. The third kappa shape index (κ3) is 1.60. The van der Waals surface area contributed by atoms with Crippen LogP contribution in [0.15, 0.2) is 18.2 Å². The van der Waals surface area contributed by atoms with E-state index in [1.807, 2.05) is 0 Å². The van der Waals surface area contributed by atoms with Gasteiger partial charge in [-0.3, -0.25) is 4.79 Å². The van der Waals surface area contributed by atoms with Crippen molar-refractivity contribution >= 4 is 17.5 Å². The Labute approximate surface area is 86.1 Å². The lowest BCUT2D eigenvalue weighted by atomic mass is 9.98. The van der Waals surface area contributed by atoms with Crippen molar-refractivity contribution in [3.63, 3.8) is 0 Å². The minimum absolute atomic E-state index is 0.00433. The van der Waals surface area contributed by atoms with Crippen LogP contribution < -0.4 is 5.32 Å². The van der Waals surface area contributed by atoms with Gasteiger partial charge >= 0.3 is 0 Å². The largest absolute Gasteiger partial charge is 0.355 e. The SMILES string of the molecule is O=C1CC(c2cccc(F)c2Cl)CN1. The summed E-state index contributed by atoms with van der Waals surface area (Å²) >= 11 is 5.81. The molecule has 0 saturated carbocycles. The molecule has 1 aromatic rings. The van der Waals surface area contributed by atoms with Crippen molar-refractivity contribution in [2.75, 3.05) is 6.54 Å². The molecule has 1 N–H and O–H groups in total. The Hall–Kier alpha value is -1.09. The van der Waals surface area contributed by atoms with E-state index in [1.165, 1.54) is 6.07 Å². The van der Waals surface area contributed by atoms with Gasteiger partial charge in [0.2, 0.25) is 5.91 Å². The Bertz CT molecular complexity index is 380. The van der Waals surface area contributed by atoms with Crippen LogP contribution in [0.3, 0.4) is 0 Å². The average molecular weight is 214 g/mol. The first-order chi connectivity index (χ1) is 6.68. The summed E-state index contributed by atoms with van der Waals surface area (Å²) in [5.74, 6) is -0.426. The van der Waals surface area contributed by atoms with E-state index in [0.29, 0.717) is 18.5 Å². The van der Waals surface area contributed by atoms with Crippen molar-refractivity contribution in [3.8, 4) is 0 Å². The molecule has 1 atom stereocenters. The highest BCUT2D eigenvalue weighted by atomic mass is 35.5. The van der Waals surface area contributed by atoms with Crippen LogP contribution in [0.2, 0.25) is 5.02 Å². The molecule has 1 fully saturated rings. The van der Waals surface area contributed by atoms with E-state index in [4.69, 9.17) is 11.6 Å². The Morgan fingerprint density at radius 1 is 1.50 bits per heavy atom. The zero-order chi connectivity index (χ0) is 10.1. The number of carbonyl (C=O) groups is 1. The Balaban J connectivity index is 2.32. The minimum Gasteiger partial charge on any atom is -0.355 e. The number of hydrogen-bond donors (Lipinski definition) is 1. The highest BCUT2D eigenvalue weighted by Crippen LogP contribution is 2.30. The first-order valence-electron chi connectivity index (χ1n) is 4.39. The lowest BCUT2D eigenvalue weighted by Crippen LogP contribution is -2.13. The third-order valence-electron chi connectivity index (χ3n) is 2.40. The van der Waals surface area contributed by atoms with Crippen molar-refractivity contribution in [2.45, 2.75) is 12.3 Å². The third-order valence-corrected chi connectivity index (χ3v) is 2.80. The molecule has 1 unspecified atom stereocenters. The van der Waals surface area contributed by atoms with E-state index < -0.39 is 5.82 Å². The summed E-state index contributed by atoms with van der Waals surface area (Å²) in [4.78, 5) is 11.0. The summed E-state index contributed by atoms with van der Waals surface area (Å²) in [6, 6.07) is 4.69. The fourth-order valence-corrected chi connectivity index (χ4v) is 1.94. The molecule has 0 aliphatic carbocycles. The summed E-state index contributed by atoms with van der Waals surface area (Å²) in [6.07, 6.45) is 0.392. The fourth-order valence-electron chi connectivity index (χ4n) is 1.66. The van der Waals surface area contributed by atoms with Gasteiger partial charge in [-0.25, -0.2) is 4.39 Å². The molecule has 4 heteroatoms. The van der Waals surface area contributed by atoms with Crippen molar-refractivity contribution in [2.24, 2.45) is 0 Å². The molecular formula is C10H9ClFNO. The highest BCUT2D eigenvalue weighted by Gasteiger charge is 2.25. The summed E-state index contributed by atoms with van der Waals surface area (Å²) < 4.78 is 13.1. The van der Waals surface area contributed by atoms with Gasteiger partial charge in [0.25, 0.3) is 0 Å². The monoisotopic (exact) mass is 213 g/mol. The van der Waals surface area contributed by atoms with Crippen molar-refractivity contribution in [1.82, 2.24) is 5.32 Å². The maximum Gasteiger partial charge on any atom is 0.220 e. The van der Waals surface area contributed by atoms with Crippen LogP contribution in [-0.4, -0.2) is 12.5 Å². The molecule has 2 nitrogen and oxygen atoms in total. The fraction of sp³-hybridized carbons (Fsp3) is 0.300. The molecule has 0 radical (unpaired) electrons. The van der Waals surface area contributed by atoms with Crippen LogP contribution in [0.5, 0.6) is 0 Å². The lowest BCUT2D eigenvalue weighted by molar-refractivity contribution is -0.119. The van der Waals surface area contributed by atoms with E-state index in [9.17, 15) is 9.18 Å². The van der Waals surface area contributed by atoms with E-state index in [1.54, 1.807) is 12.1 Å². The van der Waals surface area contributed by atoms with Gasteiger partial charge < -0.3 is 5.32 Å². The molecule has 1 aliphatic rings. The van der Waals surface area contributed by atoms with E-state index in [2.05, 4.69) is 5.32 Å². The summed E-state index contributed by atoms with van der Waals surface area (Å²) in [5.41, 5.74) is 0.713. The molecule has 0 spiro atoms. The molecule has 1 aliphatic heterocycles. The molecule has 1 heterocycles. The highest BCUT2D eigenvalue weighted by molar-refractivity contribution is 6.31. The average Bonchev–Trinajstić information content (AvgIpc) is 2.57. The zero-order valence-electron chi connectivity index (χ0n) is 7.39. The number of carbonyl (C=O) groups excluding carboxylic acids is 1. The maximum absolute atomic E-state index is 13.1. The van der Waals surface area contributed by atoms with Gasteiger partial charge in [-0.2, -0.15) is 0 Å². The molecule has 14 heavy (non-hydrogen) atoms. The van der Waals surface area contributed by atoms with E-state index in [0.717, 1.165) is 0 Å². The Kier molecular flexibility index (Phi) is 2.42. The molecule has 1 saturated heterocycles. The predicted octanol–water partition coefficient (Wildman–Crippen LogP) is 2.08. The van der Waals surface area contributed by atoms with Crippen molar-refractivity contribution in [1.29, 1.82) is 0 Å². The predicted molar refractivity (Wildman–Crippen MR) is 51.8 cm³/mol. The van der Waals surface area contributed by atoms with Gasteiger partial charge in [0.15, 0.2) is 0 Å². The summed E-state index contributed by atoms with van der Waals surface area (Å²) in [5, 5.41) is 2.83. The normalized spacial score (nSPS) is 21.0. The quantitative estimate of drug-likeness (QED) is 0.761. The summed E-state index contributed by atoms with van der Waals surface area (Å²) in [7, 11) is 0. The number of rotatable bonds is 1. The smallest absolute Gasteiger partial charge is 0.220 e. The van der Waals surface area contributed by atoms with Gasteiger partial charge in [-0.1, -0.05) is 23.7 Å².